The third-order valence-corrected chi connectivity index (χ3v) is 6.95. The number of hydrogen-bond acceptors (Lipinski definition) is 4. The van der Waals surface area contributed by atoms with Crippen molar-refractivity contribution >= 4 is 17.9 Å². The molecule has 1 saturated carbocycles. The summed E-state index contributed by atoms with van der Waals surface area (Å²) >= 11 is 2.08. The van der Waals surface area contributed by atoms with Gasteiger partial charge in [0.2, 0.25) is 0 Å². The van der Waals surface area contributed by atoms with Crippen molar-refractivity contribution in [2.75, 3.05) is 12.3 Å². The Morgan fingerprint density at radius 1 is 1.30 bits per heavy atom. The molecule has 2 saturated heterocycles. The minimum Gasteiger partial charge on any atom is -0.444 e. The van der Waals surface area contributed by atoms with Crippen LogP contribution in [0.2, 0.25) is 0 Å². The first-order chi connectivity index (χ1) is 10.8. The Labute approximate surface area is 145 Å². The van der Waals surface area contributed by atoms with Gasteiger partial charge >= 0.3 is 6.09 Å². The molecule has 0 bridgehead atoms. The van der Waals surface area contributed by atoms with E-state index in [2.05, 4.69) is 24.0 Å². The molecule has 3 rings (SSSR count). The molecule has 3 unspecified atom stereocenters. The highest BCUT2D eigenvalue weighted by atomic mass is 32.2. The molecule has 0 radical (unpaired) electrons. The van der Waals surface area contributed by atoms with Crippen LogP contribution >= 0.6 is 11.8 Å². The molecule has 0 aromatic carbocycles. The minimum atomic E-state index is -0.409. The van der Waals surface area contributed by atoms with Gasteiger partial charge in [0.15, 0.2) is 0 Å². The van der Waals surface area contributed by atoms with E-state index in [1.807, 2.05) is 25.7 Å². The normalized spacial score (nSPS) is 33.6. The van der Waals surface area contributed by atoms with Crippen molar-refractivity contribution in [1.82, 2.24) is 10.2 Å². The van der Waals surface area contributed by atoms with Crippen molar-refractivity contribution in [1.29, 1.82) is 0 Å². The summed E-state index contributed by atoms with van der Waals surface area (Å²) in [6.07, 6.45) is 6.83. The van der Waals surface area contributed by atoms with Crippen LogP contribution < -0.4 is 5.32 Å². The fourth-order valence-electron chi connectivity index (χ4n) is 4.25. The number of amides is 1. The molecule has 1 spiro atoms. The molecule has 3 aliphatic rings. The average Bonchev–Trinajstić information content (AvgIpc) is 2.80. The summed E-state index contributed by atoms with van der Waals surface area (Å²) in [7, 11) is 0. The maximum Gasteiger partial charge on any atom is 0.410 e. The first-order valence-electron chi connectivity index (χ1n) is 9.17. The number of ether oxygens (including phenoxy) is 1. The first-order valence-corrected chi connectivity index (χ1v) is 10.2. The van der Waals surface area contributed by atoms with E-state index in [1.54, 1.807) is 0 Å². The highest BCUT2D eigenvalue weighted by molar-refractivity contribution is 8.00. The monoisotopic (exact) mass is 340 g/mol. The largest absolute Gasteiger partial charge is 0.444 e. The van der Waals surface area contributed by atoms with E-state index >= 15 is 0 Å². The maximum absolute atomic E-state index is 12.6. The Morgan fingerprint density at radius 2 is 2.04 bits per heavy atom. The van der Waals surface area contributed by atoms with Crippen molar-refractivity contribution in [2.24, 2.45) is 0 Å². The van der Waals surface area contributed by atoms with Crippen molar-refractivity contribution in [2.45, 2.75) is 94.7 Å². The molecule has 2 aliphatic heterocycles. The van der Waals surface area contributed by atoms with E-state index in [9.17, 15) is 4.79 Å². The minimum absolute atomic E-state index is 0.0627. The van der Waals surface area contributed by atoms with Crippen LogP contribution in [0.1, 0.15) is 66.2 Å². The number of hydrogen-bond donors (Lipinski definition) is 1. The number of carbonyl (C=O) groups is 1. The summed E-state index contributed by atoms with van der Waals surface area (Å²) in [6.45, 7) is 9.02. The molecule has 3 fully saturated rings. The summed E-state index contributed by atoms with van der Waals surface area (Å²) in [4.78, 5) is 14.7. The number of likely N-dealkylation sites (tertiary alicyclic amines) is 1. The number of nitrogens with one attached hydrogen (secondary N) is 1. The number of rotatable bonds is 2. The van der Waals surface area contributed by atoms with Crippen molar-refractivity contribution in [3.8, 4) is 0 Å². The maximum atomic E-state index is 12.6. The van der Waals surface area contributed by atoms with E-state index in [0.29, 0.717) is 12.1 Å². The molecule has 0 aromatic rings. The van der Waals surface area contributed by atoms with Crippen LogP contribution in [0.3, 0.4) is 0 Å². The molecule has 1 amide bonds. The van der Waals surface area contributed by atoms with Crippen molar-refractivity contribution in [3.05, 3.63) is 0 Å². The number of piperidine rings is 1. The lowest BCUT2D eigenvalue weighted by Crippen LogP contribution is -2.64. The zero-order valence-corrected chi connectivity index (χ0v) is 15.9. The lowest BCUT2D eigenvalue weighted by molar-refractivity contribution is -0.0500. The fourth-order valence-corrected chi connectivity index (χ4v) is 5.46. The molecule has 23 heavy (non-hydrogen) atoms. The summed E-state index contributed by atoms with van der Waals surface area (Å²) in [5.74, 6) is 1.28. The first kappa shape index (κ1) is 17.4. The molecule has 4 nitrogen and oxygen atoms in total. The fraction of sp³-hybridized carbons (Fsp3) is 0.944. The van der Waals surface area contributed by atoms with E-state index in [0.717, 1.165) is 37.5 Å². The predicted octanol–water partition coefficient (Wildman–Crippen LogP) is 3.79. The van der Waals surface area contributed by atoms with Crippen LogP contribution in [0, 0.1) is 0 Å². The Bertz CT molecular complexity index is 445. The van der Waals surface area contributed by atoms with Gasteiger partial charge in [0, 0.05) is 29.4 Å². The highest BCUT2D eigenvalue weighted by Gasteiger charge is 2.50. The topological polar surface area (TPSA) is 41.6 Å². The van der Waals surface area contributed by atoms with E-state index < -0.39 is 5.60 Å². The van der Waals surface area contributed by atoms with Crippen LogP contribution in [0.15, 0.2) is 0 Å². The molecule has 3 atom stereocenters. The standard InChI is InChI=1S/C18H32N2O2S/c1-13-15(7-11-23-13)19-14-6-10-20(16(21)22-17(2,3)4)18(12-14)8-5-9-18/h13-15,19H,5-12H2,1-4H3. The van der Waals surface area contributed by atoms with Gasteiger partial charge in [-0.25, -0.2) is 4.79 Å². The second-order valence-corrected chi connectivity index (χ2v) is 10.0. The molecule has 1 N–H and O–H groups in total. The van der Waals surface area contributed by atoms with E-state index in [-0.39, 0.29) is 11.6 Å². The second-order valence-electron chi connectivity index (χ2n) is 8.54. The second kappa shape index (κ2) is 6.47. The third-order valence-electron chi connectivity index (χ3n) is 5.62. The van der Waals surface area contributed by atoms with Gasteiger partial charge in [0.25, 0.3) is 0 Å². The quantitative estimate of drug-likeness (QED) is 0.830. The molecule has 1 aliphatic carbocycles. The molecule has 0 aromatic heterocycles. The van der Waals surface area contributed by atoms with Crippen LogP contribution in [-0.2, 0) is 4.74 Å². The van der Waals surface area contributed by atoms with Crippen LogP contribution in [0.25, 0.3) is 0 Å². The molecule has 132 valence electrons. The van der Waals surface area contributed by atoms with E-state index in [4.69, 9.17) is 4.74 Å². The van der Waals surface area contributed by atoms with E-state index in [1.165, 1.54) is 18.6 Å². The SMILES string of the molecule is CC1SCCC1NC1CCN(C(=O)OC(C)(C)C)C2(CCC2)C1. The number of nitrogens with zero attached hydrogens (tertiary/aromatic N) is 1. The lowest BCUT2D eigenvalue weighted by atomic mass is 9.69. The van der Waals surface area contributed by atoms with Crippen LogP contribution in [0.5, 0.6) is 0 Å². The zero-order chi connectivity index (χ0) is 16.7. The van der Waals surface area contributed by atoms with Gasteiger partial charge in [-0.3, -0.25) is 0 Å². The van der Waals surface area contributed by atoms with Crippen molar-refractivity contribution in [3.63, 3.8) is 0 Å². The van der Waals surface area contributed by atoms with Gasteiger partial charge in [-0.1, -0.05) is 6.92 Å². The molecule has 5 heteroatoms. The zero-order valence-electron chi connectivity index (χ0n) is 15.1. The summed E-state index contributed by atoms with van der Waals surface area (Å²) in [5.41, 5.74) is -0.346. The van der Waals surface area contributed by atoms with Crippen LogP contribution in [0.4, 0.5) is 4.79 Å². The smallest absolute Gasteiger partial charge is 0.410 e. The predicted molar refractivity (Wildman–Crippen MR) is 96.0 cm³/mol. The Morgan fingerprint density at radius 3 is 2.57 bits per heavy atom. The summed E-state index contributed by atoms with van der Waals surface area (Å²) < 4.78 is 5.66. The Hall–Kier alpha value is -0.420. The van der Waals surface area contributed by atoms with Gasteiger partial charge < -0.3 is 15.0 Å². The third kappa shape index (κ3) is 3.81. The Kier molecular flexibility index (Phi) is 4.90. The van der Waals surface area contributed by atoms with Gasteiger partial charge in [-0.15, -0.1) is 0 Å². The number of carbonyl (C=O) groups excluding carboxylic acids is 1. The van der Waals surface area contributed by atoms with Gasteiger partial charge in [0.05, 0.1) is 0 Å². The lowest BCUT2D eigenvalue weighted by Gasteiger charge is -2.55. The van der Waals surface area contributed by atoms with Gasteiger partial charge in [-0.05, 0) is 65.0 Å². The average molecular weight is 341 g/mol. The van der Waals surface area contributed by atoms with Crippen molar-refractivity contribution < 1.29 is 9.53 Å². The molecular weight excluding hydrogens is 308 g/mol. The Balaban J connectivity index is 1.62. The van der Waals surface area contributed by atoms with Crippen LogP contribution in [-0.4, -0.2) is 51.8 Å². The molecule has 2 heterocycles. The molecular formula is C18H32N2O2S. The summed E-state index contributed by atoms with van der Waals surface area (Å²) in [5, 5.41) is 4.62. The van der Waals surface area contributed by atoms with Gasteiger partial charge in [0.1, 0.15) is 5.60 Å². The number of thioether (sulfide) groups is 1. The van der Waals surface area contributed by atoms with Gasteiger partial charge in [-0.2, -0.15) is 11.8 Å². The summed E-state index contributed by atoms with van der Waals surface area (Å²) in [6, 6.07) is 1.20. The highest BCUT2D eigenvalue weighted by Crippen LogP contribution is 2.45.